The van der Waals surface area contributed by atoms with Gasteiger partial charge in [0, 0.05) is 5.60 Å². The van der Waals surface area contributed by atoms with E-state index in [-0.39, 0.29) is 5.60 Å². The van der Waals surface area contributed by atoms with Gasteiger partial charge in [-0.25, -0.2) is 0 Å². The van der Waals surface area contributed by atoms with Crippen molar-refractivity contribution in [3.8, 4) is 0 Å². The monoisotopic (exact) mass is 95.1 g/mol. The molecule has 0 amide bonds. The average Bonchev–Trinajstić information content (AvgIpc) is 1.30. The van der Waals surface area contributed by atoms with Crippen LogP contribution in [0, 0.1) is 0 Å². The molecule has 3 radical (unpaired) electrons. The maximum absolute atomic E-state index is 4.97. The molecule has 0 bridgehead atoms. The summed E-state index contributed by atoms with van der Waals surface area (Å²) in [5.41, 5.74) is -0.130. The zero-order chi connectivity index (χ0) is 5.91. The minimum atomic E-state index is -0.130. The molecular weight excluding hydrogens is 85.7 g/mol. The first-order chi connectivity index (χ1) is 3.06. The van der Waals surface area contributed by atoms with Crippen LogP contribution in [0.15, 0.2) is 0 Å². The van der Waals surface area contributed by atoms with Crippen LogP contribution >= 0.6 is 0 Å². The molecule has 0 rings (SSSR count). The Hall–Kier alpha value is 0.0899. The first-order valence-electron chi connectivity index (χ1n) is 2.27. The van der Waals surface area contributed by atoms with E-state index in [0.29, 0.717) is 0 Å². The predicted molar refractivity (Wildman–Crippen MR) is 32.3 cm³/mol. The Morgan fingerprint density at radius 2 is 1.86 bits per heavy atom. The summed E-state index contributed by atoms with van der Waals surface area (Å²) >= 11 is 0. The molecule has 0 unspecified atom stereocenters. The van der Waals surface area contributed by atoms with Crippen LogP contribution < -0.4 is 0 Å². The quantitative estimate of drug-likeness (QED) is 0.431. The van der Waals surface area contributed by atoms with Gasteiger partial charge in [0.2, 0.25) is 7.37 Å². The van der Waals surface area contributed by atoms with E-state index in [1.54, 1.807) is 0 Å². The summed E-state index contributed by atoms with van der Waals surface area (Å²) < 4.78 is 4.88. The molecule has 0 aromatic carbocycles. The minimum absolute atomic E-state index is 0.130. The lowest BCUT2D eigenvalue weighted by Gasteiger charge is -2.18. The second kappa shape index (κ2) is 2.41. The van der Waals surface area contributed by atoms with Gasteiger partial charge in [-0.15, -0.1) is 0 Å². The third-order valence-corrected chi connectivity index (χ3v) is 0.422. The van der Waals surface area contributed by atoms with Crippen molar-refractivity contribution in [2.75, 3.05) is 0 Å². The molecule has 0 aliphatic heterocycles. The van der Waals surface area contributed by atoms with E-state index in [2.05, 4.69) is 0 Å². The van der Waals surface area contributed by atoms with Gasteiger partial charge < -0.3 is 4.65 Å². The Kier molecular flexibility index (Phi) is 2.44. The maximum Gasteiger partial charge on any atom is 0.230 e. The molecule has 1 nitrogen and oxygen atoms in total. The smallest absolute Gasteiger partial charge is 0.230 e. The summed E-state index contributed by atoms with van der Waals surface area (Å²) in [6, 6.07) is 0. The molecule has 0 fully saturated rings. The molecule has 0 aliphatic rings. The van der Waals surface area contributed by atoms with Crippen molar-refractivity contribution in [2.45, 2.75) is 26.4 Å². The van der Waals surface area contributed by atoms with Gasteiger partial charge in [-0.3, -0.25) is 0 Å². The predicted octanol–water partition coefficient (Wildman–Crippen LogP) is 0.504. The molecular formula is C4H9B2O. The second-order valence-corrected chi connectivity index (χ2v) is 2.37. The first kappa shape index (κ1) is 7.09. The highest BCUT2D eigenvalue weighted by Gasteiger charge is 2.05. The van der Waals surface area contributed by atoms with Crippen LogP contribution in [0.25, 0.3) is 0 Å². The van der Waals surface area contributed by atoms with Crippen molar-refractivity contribution in [3.63, 3.8) is 0 Å². The molecule has 0 aliphatic carbocycles. The first-order valence-corrected chi connectivity index (χ1v) is 2.27. The third kappa shape index (κ3) is 6.09. The van der Waals surface area contributed by atoms with E-state index in [9.17, 15) is 0 Å². The fourth-order valence-corrected chi connectivity index (χ4v) is 0.204. The van der Waals surface area contributed by atoms with E-state index < -0.39 is 0 Å². The van der Waals surface area contributed by atoms with Gasteiger partial charge in [0.1, 0.15) is 0 Å². The van der Waals surface area contributed by atoms with Crippen molar-refractivity contribution in [1.29, 1.82) is 0 Å². The summed E-state index contributed by atoms with van der Waals surface area (Å²) in [6.45, 7) is 5.82. The van der Waals surface area contributed by atoms with Gasteiger partial charge in [0.05, 0.1) is 7.74 Å². The molecule has 3 heteroatoms. The van der Waals surface area contributed by atoms with Crippen LogP contribution in [-0.2, 0) is 4.65 Å². The Balaban J connectivity index is 3.15. The number of rotatable bonds is 1. The minimum Gasteiger partial charge on any atom is -0.448 e. The summed E-state index contributed by atoms with van der Waals surface area (Å²) in [4.78, 5) is 0. The van der Waals surface area contributed by atoms with E-state index in [1.165, 1.54) is 7.37 Å². The molecule has 0 saturated heterocycles. The van der Waals surface area contributed by atoms with Crippen LogP contribution in [-0.4, -0.2) is 20.7 Å². The van der Waals surface area contributed by atoms with E-state index in [0.717, 1.165) is 0 Å². The Morgan fingerprint density at radius 3 is 1.86 bits per heavy atom. The molecule has 37 valence electrons. The lowest BCUT2D eigenvalue weighted by atomic mass is 9.71. The summed E-state index contributed by atoms with van der Waals surface area (Å²) in [6.07, 6.45) is 0. The van der Waals surface area contributed by atoms with E-state index in [1.807, 2.05) is 20.8 Å². The highest BCUT2D eigenvalue weighted by Crippen LogP contribution is 2.02. The topological polar surface area (TPSA) is 9.23 Å². The van der Waals surface area contributed by atoms with Crippen molar-refractivity contribution >= 4 is 15.1 Å². The largest absolute Gasteiger partial charge is 0.448 e. The lowest BCUT2D eigenvalue weighted by Crippen LogP contribution is -2.21. The maximum atomic E-state index is 4.97. The highest BCUT2D eigenvalue weighted by atomic mass is 16.4. The Labute approximate surface area is 47.1 Å². The van der Waals surface area contributed by atoms with Gasteiger partial charge in [0.15, 0.2) is 0 Å². The fraction of sp³-hybridized carbons (Fsp3) is 1.00. The van der Waals surface area contributed by atoms with Gasteiger partial charge >= 0.3 is 0 Å². The van der Waals surface area contributed by atoms with Gasteiger partial charge in [-0.05, 0) is 20.8 Å². The third-order valence-electron chi connectivity index (χ3n) is 0.422. The van der Waals surface area contributed by atoms with Gasteiger partial charge in [-0.1, -0.05) is 0 Å². The molecule has 0 saturated carbocycles. The normalized spacial score (nSPS) is 11.3. The zero-order valence-electron chi connectivity index (χ0n) is 5.06. The van der Waals surface area contributed by atoms with Crippen LogP contribution in [0.2, 0.25) is 0 Å². The molecule has 0 N–H and O–H groups in total. The fourth-order valence-electron chi connectivity index (χ4n) is 0.204. The van der Waals surface area contributed by atoms with Crippen molar-refractivity contribution < 1.29 is 4.65 Å². The van der Waals surface area contributed by atoms with E-state index >= 15 is 0 Å². The van der Waals surface area contributed by atoms with Gasteiger partial charge in [0.25, 0.3) is 0 Å². The van der Waals surface area contributed by atoms with Crippen molar-refractivity contribution in [1.82, 2.24) is 0 Å². The van der Waals surface area contributed by atoms with Crippen LogP contribution in [0.3, 0.4) is 0 Å². The zero-order valence-corrected chi connectivity index (χ0v) is 5.06. The molecule has 0 spiro atoms. The Morgan fingerprint density at radius 1 is 1.43 bits per heavy atom. The van der Waals surface area contributed by atoms with Gasteiger partial charge in [-0.2, -0.15) is 0 Å². The molecule has 0 aromatic rings. The van der Waals surface area contributed by atoms with Crippen molar-refractivity contribution in [2.24, 2.45) is 0 Å². The second-order valence-electron chi connectivity index (χ2n) is 2.37. The van der Waals surface area contributed by atoms with Crippen LogP contribution in [0.1, 0.15) is 20.8 Å². The van der Waals surface area contributed by atoms with E-state index in [4.69, 9.17) is 12.4 Å². The molecule has 7 heavy (non-hydrogen) atoms. The number of hydrogen-bond acceptors (Lipinski definition) is 1. The summed E-state index contributed by atoms with van der Waals surface area (Å²) in [5.74, 6) is 0. The average molecular weight is 94.7 g/mol. The summed E-state index contributed by atoms with van der Waals surface area (Å²) in [7, 11) is 6.18. The van der Waals surface area contributed by atoms with Crippen LogP contribution in [0.5, 0.6) is 0 Å². The van der Waals surface area contributed by atoms with Crippen LogP contribution in [0.4, 0.5) is 0 Å². The molecule has 0 heterocycles. The molecule has 0 aromatic heterocycles. The SMILES string of the molecule is [B][B]OC(C)(C)C. The standard InChI is InChI=1S/C4H9B2O/c1-4(2,3)7-6-5/h1-3H3. The van der Waals surface area contributed by atoms with Crippen molar-refractivity contribution in [3.05, 3.63) is 0 Å². The molecule has 0 atom stereocenters. The Bertz CT molecular complexity index is 48.1. The summed E-state index contributed by atoms with van der Waals surface area (Å²) in [5, 5.41) is 0. The number of hydrogen-bond donors (Lipinski definition) is 0. The lowest BCUT2D eigenvalue weighted by molar-refractivity contribution is 0.144. The highest BCUT2D eigenvalue weighted by molar-refractivity contribution is 6.85.